The fourth-order valence-electron chi connectivity index (χ4n) is 9.62. The first-order valence-corrected chi connectivity index (χ1v) is 31.7. The van der Waals surface area contributed by atoms with Crippen LogP contribution in [0.25, 0.3) is 0 Å². The smallest absolute Gasteiger partial charge is 0.306 e. The summed E-state index contributed by atoms with van der Waals surface area (Å²) >= 11 is 0. The molecule has 1 aliphatic heterocycles. The van der Waals surface area contributed by atoms with Gasteiger partial charge in [0.15, 0.2) is 12.4 Å². The van der Waals surface area contributed by atoms with Gasteiger partial charge in [0.05, 0.1) is 25.4 Å². The Bertz CT molecular complexity index is 1530. The average Bonchev–Trinajstić information content (AvgIpc) is 3.43. The van der Waals surface area contributed by atoms with E-state index in [4.69, 9.17) is 14.2 Å². The van der Waals surface area contributed by atoms with Crippen molar-refractivity contribution in [2.45, 2.75) is 320 Å². The van der Waals surface area contributed by atoms with Crippen molar-refractivity contribution in [3.8, 4) is 0 Å². The third kappa shape index (κ3) is 41.7. The molecule has 0 aromatic carbocycles. The van der Waals surface area contributed by atoms with Crippen molar-refractivity contribution < 1.29 is 49.3 Å². The van der Waals surface area contributed by atoms with E-state index in [0.29, 0.717) is 19.3 Å². The number of hydrogen-bond donors (Lipinski definition) is 6. The van der Waals surface area contributed by atoms with Gasteiger partial charge in [-0.2, -0.15) is 0 Å². The van der Waals surface area contributed by atoms with E-state index in [1.165, 1.54) is 122 Å². The van der Waals surface area contributed by atoms with Gasteiger partial charge in [-0.1, -0.05) is 267 Å². The van der Waals surface area contributed by atoms with E-state index in [2.05, 4.69) is 86.8 Å². The van der Waals surface area contributed by atoms with Crippen molar-refractivity contribution in [2.24, 2.45) is 0 Å². The number of nitrogens with one attached hydrogen (secondary N) is 1. The van der Waals surface area contributed by atoms with Gasteiger partial charge >= 0.3 is 5.97 Å². The fourth-order valence-corrected chi connectivity index (χ4v) is 9.62. The highest BCUT2D eigenvalue weighted by Crippen LogP contribution is 2.26. The maximum atomic E-state index is 13.4. The highest BCUT2D eigenvalue weighted by molar-refractivity contribution is 5.80. The molecule has 11 nitrogen and oxygen atoms in total. The van der Waals surface area contributed by atoms with Crippen molar-refractivity contribution in [3.05, 3.63) is 72.9 Å². The number of aliphatic hydroxyl groups is 5. The number of unbranched alkanes of at least 4 members (excludes halogenated alkanes) is 29. The molecule has 1 rings (SSSR count). The van der Waals surface area contributed by atoms with Gasteiger partial charge in [-0.25, -0.2) is 0 Å². The van der Waals surface area contributed by atoms with Crippen LogP contribution >= 0.6 is 0 Å². The zero-order chi connectivity index (χ0) is 56.1. The Morgan fingerprint density at radius 2 is 0.935 bits per heavy atom. The van der Waals surface area contributed by atoms with Crippen LogP contribution in [0.2, 0.25) is 0 Å². The van der Waals surface area contributed by atoms with Crippen molar-refractivity contribution in [3.63, 3.8) is 0 Å². The Balaban J connectivity index is 2.60. The first-order valence-electron chi connectivity index (χ1n) is 31.7. The predicted molar refractivity (Wildman–Crippen MR) is 319 cm³/mol. The molecule has 1 fully saturated rings. The van der Waals surface area contributed by atoms with E-state index in [1.54, 1.807) is 6.08 Å². The Labute approximate surface area is 471 Å². The molecule has 0 aromatic rings. The maximum Gasteiger partial charge on any atom is 0.306 e. The maximum absolute atomic E-state index is 13.4. The molecule has 0 radical (unpaired) electrons. The second-order valence-corrected chi connectivity index (χ2v) is 21.8. The van der Waals surface area contributed by atoms with Crippen LogP contribution in [0.15, 0.2) is 72.9 Å². The van der Waals surface area contributed by atoms with Gasteiger partial charge in [-0.15, -0.1) is 0 Å². The summed E-state index contributed by atoms with van der Waals surface area (Å²) in [7, 11) is 0. The number of amides is 1. The van der Waals surface area contributed by atoms with Gasteiger partial charge < -0.3 is 45.1 Å². The van der Waals surface area contributed by atoms with Crippen LogP contribution in [0.3, 0.4) is 0 Å². The zero-order valence-corrected chi connectivity index (χ0v) is 49.3. The van der Waals surface area contributed by atoms with E-state index >= 15 is 0 Å². The minimum Gasteiger partial charge on any atom is -0.454 e. The second kappa shape index (κ2) is 53.7. The summed E-state index contributed by atoms with van der Waals surface area (Å²) in [6.45, 7) is 5.66. The molecule has 1 saturated heterocycles. The van der Waals surface area contributed by atoms with Crippen molar-refractivity contribution in [2.75, 3.05) is 13.2 Å². The Hall–Kier alpha value is -2.90. The lowest BCUT2D eigenvalue weighted by molar-refractivity contribution is -0.305. The molecule has 8 unspecified atom stereocenters. The molecule has 0 aliphatic carbocycles. The van der Waals surface area contributed by atoms with Crippen molar-refractivity contribution >= 4 is 11.9 Å². The highest BCUT2D eigenvalue weighted by atomic mass is 16.7. The molecule has 6 N–H and O–H groups in total. The van der Waals surface area contributed by atoms with E-state index in [0.717, 1.165) is 103 Å². The molecular weight excluding hydrogens is 967 g/mol. The molecule has 1 heterocycles. The quantitative estimate of drug-likeness (QED) is 0.0195. The second-order valence-electron chi connectivity index (χ2n) is 21.8. The van der Waals surface area contributed by atoms with Crippen LogP contribution < -0.4 is 5.32 Å². The fraction of sp³-hybridized carbons (Fsp3) is 0.788. The topological polar surface area (TPSA) is 175 Å². The van der Waals surface area contributed by atoms with Gasteiger partial charge in [0, 0.05) is 6.42 Å². The van der Waals surface area contributed by atoms with E-state index in [1.807, 2.05) is 6.08 Å². The summed E-state index contributed by atoms with van der Waals surface area (Å²) in [5.74, 6) is -1.20. The molecule has 0 saturated carbocycles. The monoisotopic (exact) mass is 1080 g/mol. The molecule has 1 amide bonds. The molecular formula is C66H117NO10. The van der Waals surface area contributed by atoms with Crippen LogP contribution in [-0.4, -0.2) is 99.6 Å². The van der Waals surface area contributed by atoms with Gasteiger partial charge in [0.2, 0.25) is 5.91 Å². The molecule has 8 atom stereocenters. The first kappa shape index (κ1) is 72.1. The summed E-state index contributed by atoms with van der Waals surface area (Å²) in [4.78, 5) is 26.5. The first-order chi connectivity index (χ1) is 37.7. The summed E-state index contributed by atoms with van der Waals surface area (Å²) in [6, 6.07) is -1.02. The molecule has 1 aliphatic rings. The number of allylic oxidation sites excluding steroid dienone is 11. The van der Waals surface area contributed by atoms with Crippen LogP contribution in [-0.2, 0) is 23.8 Å². The highest BCUT2D eigenvalue weighted by Gasteiger charge is 2.47. The largest absolute Gasteiger partial charge is 0.454 e. The molecule has 446 valence electrons. The van der Waals surface area contributed by atoms with Gasteiger partial charge in [-0.05, 0) is 70.6 Å². The van der Waals surface area contributed by atoms with Crippen LogP contribution in [0.1, 0.15) is 271 Å². The number of hydrogen-bond acceptors (Lipinski definition) is 10. The Morgan fingerprint density at radius 3 is 1.40 bits per heavy atom. The number of ether oxygens (including phenoxy) is 3. The predicted octanol–water partition coefficient (Wildman–Crippen LogP) is 15.2. The normalized spacial score (nSPS) is 19.5. The van der Waals surface area contributed by atoms with Gasteiger partial charge in [0.1, 0.15) is 24.4 Å². The van der Waals surface area contributed by atoms with Crippen LogP contribution in [0.5, 0.6) is 0 Å². The minimum absolute atomic E-state index is 0.115. The number of rotatable bonds is 53. The van der Waals surface area contributed by atoms with Crippen LogP contribution in [0, 0.1) is 0 Å². The summed E-state index contributed by atoms with van der Waals surface area (Å²) in [6.07, 6.45) is 58.0. The summed E-state index contributed by atoms with van der Waals surface area (Å²) < 4.78 is 17.6. The number of carbonyl (C=O) groups is 2. The number of esters is 1. The minimum atomic E-state index is -1.62. The van der Waals surface area contributed by atoms with Crippen LogP contribution in [0.4, 0.5) is 0 Å². The SMILES string of the molecule is CC/C=C\C/C=C\C/C=C\C/C=C\C/C=C\CCCCCCCCCCCC(=O)OC1C(OCC(NC(=O)C(O)CCCCCCCCCCCC)C(O)/C=C/CCCCCCCCCCCCC)OC(CO)C(O)C1O. The lowest BCUT2D eigenvalue weighted by Crippen LogP contribution is -2.61. The molecule has 0 bridgehead atoms. The lowest BCUT2D eigenvalue weighted by atomic mass is 9.99. The molecule has 77 heavy (non-hydrogen) atoms. The molecule has 0 aromatic heterocycles. The van der Waals surface area contributed by atoms with Gasteiger partial charge in [0.25, 0.3) is 0 Å². The third-order valence-electron chi connectivity index (χ3n) is 14.6. The van der Waals surface area contributed by atoms with E-state index in [9.17, 15) is 35.1 Å². The lowest BCUT2D eigenvalue weighted by Gasteiger charge is -2.41. The standard InChI is InChI=1S/C66H117NO10/c1-4-7-10-13-16-19-22-24-25-26-27-28-29-30-31-32-33-34-35-37-39-42-45-48-51-54-61(71)77-64-63(73)62(72)60(55-68)76-66(64)75-56-57(58(69)52-49-46-43-41-38-36-23-20-17-14-11-8-5-2)67-65(74)59(70)53-50-47-44-40-21-18-15-12-9-6-3/h7,10,16,19,24-25,27-28,30-31,49,52,57-60,62-64,66,68-70,72-73H,4-6,8-9,11-15,17-18,20-23,26,29,32-48,50-51,53-56H2,1-3H3,(H,67,74)/b10-7-,19-16-,25-24-,28-27-,31-30-,52-49+. The molecule has 0 spiro atoms. The van der Waals surface area contributed by atoms with Gasteiger partial charge in [-0.3, -0.25) is 9.59 Å². The number of aliphatic hydroxyl groups excluding tert-OH is 5. The Kier molecular flexibility index (Phi) is 50.3. The summed E-state index contributed by atoms with van der Waals surface area (Å²) in [5.41, 5.74) is 0. The zero-order valence-electron chi connectivity index (χ0n) is 49.3. The molecule has 11 heteroatoms. The third-order valence-corrected chi connectivity index (χ3v) is 14.6. The van der Waals surface area contributed by atoms with Crippen molar-refractivity contribution in [1.29, 1.82) is 0 Å². The number of carbonyl (C=O) groups excluding carboxylic acids is 2. The summed E-state index contributed by atoms with van der Waals surface area (Å²) in [5, 5.41) is 56.9. The Morgan fingerprint density at radius 1 is 0.519 bits per heavy atom. The van der Waals surface area contributed by atoms with E-state index in [-0.39, 0.29) is 13.0 Å². The van der Waals surface area contributed by atoms with E-state index < -0.39 is 67.4 Å². The van der Waals surface area contributed by atoms with Crippen molar-refractivity contribution in [1.82, 2.24) is 5.32 Å². The average molecular weight is 1080 g/mol.